The number of nitrogens with two attached hydrogens (primary N) is 2. The first-order valence-corrected chi connectivity index (χ1v) is 12.5. The first-order chi connectivity index (χ1) is 19.5. The number of carbonyl (C=O) groups is 1. The molecule has 10 nitrogen and oxygen atoms in total. The number of carbonyl (C=O) groups excluding carboxylic acids is 1. The molecule has 0 bridgehead atoms. The number of rotatable bonds is 5. The predicted octanol–water partition coefficient (Wildman–Crippen LogP) is 2.36. The van der Waals surface area contributed by atoms with Gasteiger partial charge in [0.1, 0.15) is 5.56 Å². The van der Waals surface area contributed by atoms with Crippen LogP contribution in [0.1, 0.15) is 38.8 Å². The fraction of sp³-hybridized carbons (Fsp3) is 0.100. The van der Waals surface area contributed by atoms with E-state index in [4.69, 9.17) is 11.5 Å². The van der Waals surface area contributed by atoms with E-state index in [-0.39, 0.29) is 17.7 Å². The Kier molecular flexibility index (Phi) is 6.18. The van der Waals surface area contributed by atoms with Crippen molar-refractivity contribution in [1.29, 1.82) is 0 Å². The quantitative estimate of drug-likeness (QED) is 0.329. The van der Waals surface area contributed by atoms with Crippen molar-refractivity contribution in [2.24, 2.45) is 18.5 Å². The van der Waals surface area contributed by atoms with Gasteiger partial charge in [0.15, 0.2) is 5.65 Å². The van der Waals surface area contributed by atoms with Crippen LogP contribution in [0.5, 0.6) is 0 Å². The number of hydrogen-bond donors (Lipinski definition) is 2. The number of primary amides is 1. The van der Waals surface area contributed by atoms with Crippen LogP contribution in [0.25, 0.3) is 22.1 Å². The van der Waals surface area contributed by atoms with Gasteiger partial charge in [-0.3, -0.25) is 18.8 Å². The van der Waals surface area contributed by atoms with Crippen LogP contribution in [-0.2, 0) is 7.05 Å². The highest BCUT2D eigenvalue weighted by atomic mass is 16.1. The number of fused-ring (bicyclic) bond motifs is 2. The third-order valence-corrected chi connectivity index (χ3v) is 6.73. The highest BCUT2D eigenvalue weighted by Crippen LogP contribution is 2.30. The lowest BCUT2D eigenvalue weighted by Crippen LogP contribution is -2.29. The van der Waals surface area contributed by atoms with E-state index >= 15 is 0 Å². The Balaban J connectivity index is 1.64. The Labute approximate surface area is 228 Å². The minimum atomic E-state index is -0.676. The number of pyridine rings is 1. The zero-order valence-electron chi connectivity index (χ0n) is 21.5. The molecule has 4 aromatic heterocycles. The Hall–Kier alpha value is -5.53. The zero-order valence-corrected chi connectivity index (χ0v) is 21.5. The summed E-state index contributed by atoms with van der Waals surface area (Å²) in [5.74, 6) is 4.92. The van der Waals surface area contributed by atoms with Gasteiger partial charge in [-0.2, -0.15) is 10.2 Å². The van der Waals surface area contributed by atoms with Crippen LogP contribution >= 0.6 is 0 Å². The molecule has 2 aromatic carbocycles. The summed E-state index contributed by atoms with van der Waals surface area (Å²) >= 11 is 0. The number of benzene rings is 2. The number of para-hydroxylation sites is 1. The second kappa shape index (κ2) is 9.98. The third-order valence-electron chi connectivity index (χ3n) is 6.73. The van der Waals surface area contributed by atoms with Crippen LogP contribution in [0.15, 0.2) is 90.2 Å². The number of aromatic nitrogens is 6. The van der Waals surface area contributed by atoms with Gasteiger partial charge in [0.05, 0.1) is 28.8 Å². The number of nitrogens with zero attached hydrogens (tertiary/aromatic N) is 6. The van der Waals surface area contributed by atoms with Crippen molar-refractivity contribution in [3.63, 3.8) is 0 Å². The number of hydrogen-bond acceptors (Lipinski definition) is 6. The maximum absolute atomic E-state index is 14.3. The summed E-state index contributed by atoms with van der Waals surface area (Å²) in [6.45, 7) is 0.0580. The molecule has 0 radical (unpaired) electrons. The molecule has 6 aromatic rings. The highest BCUT2D eigenvalue weighted by Gasteiger charge is 2.29. The van der Waals surface area contributed by atoms with E-state index in [2.05, 4.69) is 27.0 Å². The van der Waals surface area contributed by atoms with Gasteiger partial charge in [0, 0.05) is 49.1 Å². The molecule has 0 unspecified atom stereocenters. The second-order valence-corrected chi connectivity index (χ2v) is 9.27. The van der Waals surface area contributed by atoms with Gasteiger partial charge in [-0.25, -0.2) is 9.50 Å². The summed E-state index contributed by atoms with van der Waals surface area (Å²) in [5, 5.41) is 9.95. The minimum absolute atomic E-state index is 0.0580. The minimum Gasteiger partial charge on any atom is -0.365 e. The Morgan fingerprint density at radius 3 is 2.62 bits per heavy atom. The summed E-state index contributed by atoms with van der Waals surface area (Å²) in [6.07, 6.45) is 6.73. The van der Waals surface area contributed by atoms with Crippen molar-refractivity contribution in [2.75, 3.05) is 6.54 Å². The summed E-state index contributed by atoms with van der Waals surface area (Å²) in [4.78, 5) is 31.3. The van der Waals surface area contributed by atoms with Crippen molar-refractivity contribution in [1.82, 2.24) is 28.9 Å². The Bertz CT molecular complexity index is 2030. The monoisotopic (exact) mass is 528 g/mol. The molecule has 0 saturated heterocycles. The molecular weight excluding hydrogens is 504 g/mol. The van der Waals surface area contributed by atoms with E-state index in [1.165, 1.54) is 4.52 Å². The van der Waals surface area contributed by atoms with E-state index in [1.54, 1.807) is 33.9 Å². The molecule has 0 fully saturated rings. The largest absolute Gasteiger partial charge is 0.365 e. The summed E-state index contributed by atoms with van der Waals surface area (Å²) < 4.78 is 4.78. The molecule has 1 atom stereocenters. The van der Waals surface area contributed by atoms with Crippen LogP contribution < -0.4 is 17.0 Å². The molecule has 4 heterocycles. The topological polar surface area (TPSA) is 139 Å². The van der Waals surface area contributed by atoms with E-state index in [0.29, 0.717) is 39.1 Å². The third kappa shape index (κ3) is 4.20. The van der Waals surface area contributed by atoms with Crippen LogP contribution in [0, 0.1) is 11.8 Å². The lowest BCUT2D eigenvalue weighted by atomic mass is 9.94. The Morgan fingerprint density at radius 1 is 1.07 bits per heavy atom. The molecule has 0 aliphatic carbocycles. The highest BCUT2D eigenvalue weighted by molar-refractivity contribution is 6.00. The van der Waals surface area contributed by atoms with Crippen molar-refractivity contribution < 1.29 is 4.79 Å². The Morgan fingerprint density at radius 2 is 1.90 bits per heavy atom. The smallest absolute Gasteiger partial charge is 0.264 e. The molecule has 0 aliphatic heterocycles. The molecule has 1 amide bonds. The lowest BCUT2D eigenvalue weighted by molar-refractivity contribution is 0.100. The second-order valence-electron chi connectivity index (χ2n) is 9.27. The first-order valence-electron chi connectivity index (χ1n) is 12.5. The summed E-state index contributed by atoms with van der Waals surface area (Å²) in [6, 6.07) is 18.4. The van der Waals surface area contributed by atoms with Crippen LogP contribution in [0.4, 0.5) is 0 Å². The van der Waals surface area contributed by atoms with Crippen molar-refractivity contribution >= 4 is 22.3 Å². The van der Waals surface area contributed by atoms with Gasteiger partial charge in [0.2, 0.25) is 0 Å². The lowest BCUT2D eigenvalue weighted by Gasteiger charge is -2.21. The number of amides is 1. The SMILES string of the molecule is Cn1cc(C#Cc2cccc3cc([C@H](CN)c4nn5cccnc5c4C(N)=O)n(-c4ccccc4)c(=O)c23)cn1. The van der Waals surface area contributed by atoms with Gasteiger partial charge in [-0.05, 0) is 35.7 Å². The molecule has 10 heteroatoms. The normalized spacial score (nSPS) is 11.8. The van der Waals surface area contributed by atoms with Gasteiger partial charge in [-0.1, -0.05) is 42.2 Å². The zero-order chi connectivity index (χ0) is 27.8. The van der Waals surface area contributed by atoms with Gasteiger partial charge in [0.25, 0.3) is 11.5 Å². The molecule has 6 rings (SSSR count). The molecule has 0 aliphatic rings. The summed E-state index contributed by atoms with van der Waals surface area (Å²) in [7, 11) is 1.82. The average molecular weight is 529 g/mol. The first kappa shape index (κ1) is 24.8. The molecule has 0 spiro atoms. The van der Waals surface area contributed by atoms with Crippen LogP contribution in [0.3, 0.4) is 0 Å². The van der Waals surface area contributed by atoms with Crippen molar-refractivity contribution in [3.8, 4) is 17.5 Å². The average Bonchev–Trinajstić information content (AvgIpc) is 3.56. The molecule has 0 saturated carbocycles. The van der Waals surface area contributed by atoms with E-state index < -0.39 is 11.8 Å². The van der Waals surface area contributed by atoms with Gasteiger partial charge in [-0.15, -0.1) is 0 Å². The maximum atomic E-state index is 14.3. The standard InChI is InChI=1S/C30H24N8O2/c1-36-18-19(17-34-36)11-12-20-7-5-8-21-15-24(38(30(40)25(20)21)22-9-3-2-4-10-22)23(16-31)27-26(28(32)39)29-33-13-6-14-37(29)35-27/h2-10,13-15,17-18,23H,16,31H2,1H3,(H2,32,39)/t23-/m0/s1. The maximum Gasteiger partial charge on any atom is 0.264 e. The summed E-state index contributed by atoms with van der Waals surface area (Å²) in [5.41, 5.74) is 15.3. The fourth-order valence-corrected chi connectivity index (χ4v) is 4.97. The van der Waals surface area contributed by atoms with Gasteiger partial charge >= 0.3 is 0 Å². The molecule has 40 heavy (non-hydrogen) atoms. The van der Waals surface area contributed by atoms with E-state index in [1.807, 2.05) is 67.8 Å². The predicted molar refractivity (Wildman–Crippen MR) is 151 cm³/mol. The molecular formula is C30H24N8O2. The fourth-order valence-electron chi connectivity index (χ4n) is 4.97. The van der Waals surface area contributed by atoms with E-state index in [9.17, 15) is 9.59 Å². The van der Waals surface area contributed by atoms with Crippen molar-refractivity contribution in [3.05, 3.63) is 124 Å². The molecule has 4 N–H and O–H groups in total. The van der Waals surface area contributed by atoms with Crippen molar-refractivity contribution in [2.45, 2.75) is 5.92 Å². The van der Waals surface area contributed by atoms with Crippen LogP contribution in [-0.4, -0.2) is 41.4 Å². The van der Waals surface area contributed by atoms with Crippen LogP contribution in [0.2, 0.25) is 0 Å². The van der Waals surface area contributed by atoms with Gasteiger partial charge < -0.3 is 11.5 Å². The number of aryl methyl sites for hydroxylation is 1. The van der Waals surface area contributed by atoms with E-state index in [0.717, 1.165) is 5.56 Å². The molecule has 196 valence electrons.